The van der Waals surface area contributed by atoms with Crippen LogP contribution in [0.2, 0.25) is 0 Å². The number of nitrogens with zero attached hydrogens (tertiary/aromatic N) is 4. The van der Waals surface area contributed by atoms with Crippen LogP contribution in [0.5, 0.6) is 0 Å². The molecule has 0 aliphatic carbocycles. The molecule has 8 heteroatoms. The third-order valence-corrected chi connectivity index (χ3v) is 6.07. The molecule has 1 atom stereocenters. The third-order valence-electron chi connectivity index (χ3n) is 6.07. The zero-order valence-corrected chi connectivity index (χ0v) is 21.8. The van der Waals surface area contributed by atoms with Gasteiger partial charge in [-0.1, -0.05) is 31.2 Å². The zero-order chi connectivity index (χ0) is 21.2. The van der Waals surface area contributed by atoms with Crippen LogP contribution in [0.3, 0.4) is 0 Å². The van der Waals surface area contributed by atoms with Gasteiger partial charge >= 0.3 is 0 Å². The van der Waals surface area contributed by atoms with Crippen molar-refractivity contribution in [1.82, 2.24) is 25.3 Å². The number of rotatable bonds is 8. The lowest BCUT2D eigenvalue weighted by Gasteiger charge is -2.34. The maximum Gasteiger partial charge on any atom is 0.191 e. The van der Waals surface area contributed by atoms with Gasteiger partial charge in [0.15, 0.2) is 5.96 Å². The molecule has 0 amide bonds. The van der Waals surface area contributed by atoms with E-state index in [1.807, 2.05) is 7.05 Å². The highest BCUT2D eigenvalue weighted by atomic mass is 127. The Hall–Kier alpha value is -0.940. The summed E-state index contributed by atoms with van der Waals surface area (Å²) < 4.78 is 5.48. The molecule has 1 aromatic carbocycles. The van der Waals surface area contributed by atoms with Crippen molar-refractivity contribution in [2.24, 2.45) is 10.9 Å². The molecule has 0 saturated carbocycles. The fraction of sp³-hybridized carbons (Fsp3) is 0.696. The van der Waals surface area contributed by atoms with Crippen molar-refractivity contribution < 1.29 is 4.74 Å². The van der Waals surface area contributed by atoms with E-state index in [4.69, 9.17) is 4.74 Å². The van der Waals surface area contributed by atoms with Crippen molar-refractivity contribution in [2.75, 3.05) is 79.7 Å². The summed E-state index contributed by atoms with van der Waals surface area (Å²) in [6, 6.07) is 8.70. The molecule has 1 unspecified atom stereocenters. The Bertz CT molecular complexity index is 659. The van der Waals surface area contributed by atoms with Crippen molar-refractivity contribution in [1.29, 1.82) is 0 Å². The first-order chi connectivity index (χ1) is 14.6. The number of ether oxygens (including phenoxy) is 1. The number of benzene rings is 1. The summed E-state index contributed by atoms with van der Waals surface area (Å²) >= 11 is 0. The second kappa shape index (κ2) is 14.3. The first kappa shape index (κ1) is 26.3. The molecule has 0 bridgehead atoms. The molecule has 2 aliphatic heterocycles. The summed E-state index contributed by atoms with van der Waals surface area (Å²) in [6.45, 7) is 14.5. The van der Waals surface area contributed by atoms with Crippen LogP contribution in [-0.2, 0) is 17.8 Å². The number of halogens is 1. The minimum atomic E-state index is 0. The van der Waals surface area contributed by atoms with Crippen LogP contribution in [0.1, 0.15) is 18.1 Å². The Labute approximate surface area is 205 Å². The summed E-state index contributed by atoms with van der Waals surface area (Å²) in [5.41, 5.74) is 2.71. The third kappa shape index (κ3) is 9.21. The molecular formula is C23H41IN6O. The quantitative estimate of drug-likeness (QED) is 0.295. The van der Waals surface area contributed by atoms with Gasteiger partial charge in [-0.15, -0.1) is 24.0 Å². The Balaban J connectivity index is 0.00000341. The van der Waals surface area contributed by atoms with Gasteiger partial charge in [0.1, 0.15) is 0 Å². The Kier molecular flexibility index (Phi) is 12.1. The lowest BCUT2D eigenvalue weighted by molar-refractivity contribution is 0.0341. The Morgan fingerprint density at radius 3 is 2.35 bits per heavy atom. The van der Waals surface area contributed by atoms with Crippen molar-refractivity contribution in [3.63, 3.8) is 0 Å². The van der Waals surface area contributed by atoms with Crippen LogP contribution in [0.25, 0.3) is 0 Å². The molecular weight excluding hydrogens is 503 g/mol. The predicted octanol–water partition coefficient (Wildman–Crippen LogP) is 1.69. The molecule has 2 heterocycles. The van der Waals surface area contributed by atoms with E-state index in [9.17, 15) is 0 Å². The van der Waals surface area contributed by atoms with Gasteiger partial charge in [-0.3, -0.25) is 9.89 Å². The van der Waals surface area contributed by atoms with Crippen LogP contribution in [-0.4, -0.2) is 100 Å². The van der Waals surface area contributed by atoms with E-state index in [2.05, 4.69) is 68.6 Å². The molecule has 7 nitrogen and oxygen atoms in total. The van der Waals surface area contributed by atoms with Crippen molar-refractivity contribution >= 4 is 29.9 Å². The fourth-order valence-corrected chi connectivity index (χ4v) is 4.09. The van der Waals surface area contributed by atoms with Crippen LogP contribution in [0, 0.1) is 5.92 Å². The van der Waals surface area contributed by atoms with Gasteiger partial charge in [0.25, 0.3) is 0 Å². The maximum atomic E-state index is 5.48. The van der Waals surface area contributed by atoms with Crippen molar-refractivity contribution in [2.45, 2.75) is 20.0 Å². The van der Waals surface area contributed by atoms with Gasteiger partial charge in [0, 0.05) is 72.5 Å². The summed E-state index contributed by atoms with van der Waals surface area (Å²) in [6.07, 6.45) is 0. The summed E-state index contributed by atoms with van der Waals surface area (Å²) in [5.74, 6) is 1.46. The molecule has 2 aliphatic rings. The number of hydrogen-bond donors (Lipinski definition) is 2. The van der Waals surface area contributed by atoms with Crippen LogP contribution in [0.15, 0.2) is 29.3 Å². The number of nitrogens with one attached hydrogen (secondary N) is 2. The van der Waals surface area contributed by atoms with Crippen LogP contribution in [0.4, 0.5) is 0 Å². The van der Waals surface area contributed by atoms with E-state index in [1.54, 1.807) is 0 Å². The fourth-order valence-electron chi connectivity index (χ4n) is 4.09. The second-order valence-corrected chi connectivity index (χ2v) is 8.67. The number of morpholine rings is 1. The standard InChI is InChI=1S/C23H40N6O.HI/c1-20(18-28-10-8-27(3)9-11-28)16-25-23(24-2)26-17-21-6-4-5-7-22(21)19-29-12-14-30-15-13-29;/h4-7,20H,8-19H2,1-3H3,(H2,24,25,26);1H. The van der Waals surface area contributed by atoms with Gasteiger partial charge in [0.05, 0.1) is 13.2 Å². The highest BCUT2D eigenvalue weighted by molar-refractivity contribution is 14.0. The van der Waals surface area contributed by atoms with Gasteiger partial charge in [-0.25, -0.2) is 0 Å². The van der Waals surface area contributed by atoms with Crippen molar-refractivity contribution in [3.05, 3.63) is 35.4 Å². The second-order valence-electron chi connectivity index (χ2n) is 8.67. The lowest BCUT2D eigenvalue weighted by Crippen LogP contribution is -2.47. The topological polar surface area (TPSA) is 55.4 Å². The smallest absolute Gasteiger partial charge is 0.191 e. The van der Waals surface area contributed by atoms with E-state index >= 15 is 0 Å². The highest BCUT2D eigenvalue weighted by Gasteiger charge is 2.16. The Morgan fingerprint density at radius 1 is 1.00 bits per heavy atom. The summed E-state index contributed by atoms with van der Waals surface area (Å²) in [5, 5.41) is 7.02. The molecule has 3 rings (SSSR count). The molecule has 2 saturated heterocycles. The number of aliphatic imine (C=N–C) groups is 1. The minimum absolute atomic E-state index is 0. The van der Waals surface area contributed by atoms with Gasteiger partial charge in [-0.2, -0.15) is 0 Å². The lowest BCUT2D eigenvalue weighted by atomic mass is 10.1. The van der Waals surface area contributed by atoms with Crippen LogP contribution < -0.4 is 10.6 Å². The first-order valence-corrected chi connectivity index (χ1v) is 11.4. The first-order valence-electron chi connectivity index (χ1n) is 11.4. The molecule has 31 heavy (non-hydrogen) atoms. The largest absolute Gasteiger partial charge is 0.379 e. The molecule has 1 aromatic rings. The van der Waals surface area contributed by atoms with Crippen molar-refractivity contribution in [3.8, 4) is 0 Å². The van der Waals surface area contributed by atoms with E-state index in [0.29, 0.717) is 5.92 Å². The number of likely N-dealkylation sites (N-methyl/N-ethyl adjacent to an activating group) is 1. The van der Waals surface area contributed by atoms with E-state index in [-0.39, 0.29) is 24.0 Å². The SMILES string of the molecule is CN=C(NCc1ccccc1CN1CCOCC1)NCC(C)CN1CCN(C)CC1.I. The maximum absolute atomic E-state index is 5.48. The Morgan fingerprint density at radius 2 is 1.68 bits per heavy atom. The summed E-state index contributed by atoms with van der Waals surface area (Å²) in [4.78, 5) is 11.9. The molecule has 0 spiro atoms. The number of hydrogen-bond acceptors (Lipinski definition) is 5. The normalized spacial score (nSPS) is 20.2. The average molecular weight is 545 g/mol. The monoisotopic (exact) mass is 544 g/mol. The highest BCUT2D eigenvalue weighted by Crippen LogP contribution is 2.13. The minimum Gasteiger partial charge on any atom is -0.379 e. The average Bonchev–Trinajstić information content (AvgIpc) is 2.77. The van der Waals surface area contributed by atoms with E-state index in [0.717, 1.165) is 58.4 Å². The molecule has 2 N–H and O–H groups in total. The van der Waals surface area contributed by atoms with E-state index in [1.165, 1.54) is 37.3 Å². The van der Waals surface area contributed by atoms with Crippen LogP contribution >= 0.6 is 24.0 Å². The van der Waals surface area contributed by atoms with Gasteiger partial charge in [0.2, 0.25) is 0 Å². The molecule has 2 fully saturated rings. The summed E-state index contributed by atoms with van der Waals surface area (Å²) in [7, 11) is 4.05. The molecule has 0 radical (unpaired) electrons. The van der Waals surface area contributed by atoms with Gasteiger partial charge in [-0.05, 0) is 24.1 Å². The number of piperazine rings is 1. The number of guanidine groups is 1. The predicted molar refractivity (Wildman–Crippen MR) is 139 cm³/mol. The molecule has 176 valence electrons. The van der Waals surface area contributed by atoms with E-state index < -0.39 is 0 Å². The molecule has 0 aromatic heterocycles. The van der Waals surface area contributed by atoms with Gasteiger partial charge < -0.3 is 25.2 Å². The zero-order valence-electron chi connectivity index (χ0n) is 19.5.